The third-order valence-corrected chi connectivity index (χ3v) is 2.17. The zero-order valence-corrected chi connectivity index (χ0v) is 12.6. The number of aryl methyl sites for hydroxylation is 1. The van der Waals surface area contributed by atoms with Gasteiger partial charge in [0.2, 0.25) is 11.8 Å². The van der Waals surface area contributed by atoms with Gasteiger partial charge in [0.15, 0.2) is 0 Å². The van der Waals surface area contributed by atoms with Crippen molar-refractivity contribution in [3.63, 3.8) is 0 Å². The van der Waals surface area contributed by atoms with E-state index in [0.29, 0.717) is 30.9 Å². The smallest absolute Gasteiger partial charge is 0.226 e. The minimum absolute atomic E-state index is 0.108. The van der Waals surface area contributed by atoms with Crippen molar-refractivity contribution < 1.29 is 9.47 Å². The maximum absolute atomic E-state index is 5.57. The second-order valence-electron chi connectivity index (χ2n) is 5.23. The molecule has 0 saturated heterocycles. The predicted octanol–water partition coefficient (Wildman–Crippen LogP) is 2.66. The van der Waals surface area contributed by atoms with Crippen molar-refractivity contribution in [1.82, 2.24) is 9.97 Å². The molecule has 0 unspecified atom stereocenters. The first-order chi connectivity index (χ1) is 8.97. The van der Waals surface area contributed by atoms with Gasteiger partial charge in [0.1, 0.15) is 0 Å². The van der Waals surface area contributed by atoms with E-state index in [1.807, 2.05) is 26.8 Å². The summed E-state index contributed by atoms with van der Waals surface area (Å²) in [5.41, 5.74) is 0.885. The summed E-state index contributed by atoms with van der Waals surface area (Å²) >= 11 is 0. The molecule has 1 heterocycles. The van der Waals surface area contributed by atoms with Crippen molar-refractivity contribution in [3.8, 4) is 5.88 Å². The monoisotopic (exact) mass is 267 g/mol. The Balaban J connectivity index is 2.42. The fourth-order valence-corrected chi connectivity index (χ4v) is 1.47. The van der Waals surface area contributed by atoms with Gasteiger partial charge in [-0.1, -0.05) is 13.8 Å². The van der Waals surface area contributed by atoms with E-state index in [0.717, 1.165) is 12.3 Å². The standard InChI is InChI=1S/C14H25N3O2/c1-10(2)9-18-7-6-15-14-16-12(5)8-13(17-14)19-11(3)4/h8,10-11H,6-7,9H2,1-5H3,(H,15,16,17). The summed E-state index contributed by atoms with van der Waals surface area (Å²) in [5, 5.41) is 3.15. The highest BCUT2D eigenvalue weighted by molar-refractivity contribution is 5.30. The van der Waals surface area contributed by atoms with Crippen LogP contribution in [0.2, 0.25) is 0 Å². The molecule has 0 aromatic carbocycles. The molecule has 5 heteroatoms. The molecule has 108 valence electrons. The molecule has 5 nitrogen and oxygen atoms in total. The number of nitrogens with zero attached hydrogens (tertiary/aromatic N) is 2. The van der Waals surface area contributed by atoms with Gasteiger partial charge in [-0.15, -0.1) is 0 Å². The normalized spacial score (nSPS) is 11.1. The molecule has 1 N–H and O–H groups in total. The number of nitrogens with one attached hydrogen (secondary N) is 1. The molecular formula is C14H25N3O2. The highest BCUT2D eigenvalue weighted by atomic mass is 16.5. The molecule has 0 amide bonds. The number of ether oxygens (including phenoxy) is 2. The van der Waals surface area contributed by atoms with Crippen LogP contribution in [0.3, 0.4) is 0 Å². The Labute approximate surface area is 115 Å². The van der Waals surface area contributed by atoms with Crippen LogP contribution in [0.15, 0.2) is 6.07 Å². The van der Waals surface area contributed by atoms with E-state index in [1.54, 1.807) is 0 Å². The van der Waals surface area contributed by atoms with Crippen LogP contribution in [0.4, 0.5) is 5.95 Å². The minimum atomic E-state index is 0.108. The van der Waals surface area contributed by atoms with Gasteiger partial charge in [-0.05, 0) is 26.7 Å². The van der Waals surface area contributed by atoms with Crippen LogP contribution in [0, 0.1) is 12.8 Å². The van der Waals surface area contributed by atoms with Crippen LogP contribution in [-0.4, -0.2) is 35.8 Å². The Morgan fingerprint density at radius 1 is 1.21 bits per heavy atom. The molecule has 0 aliphatic carbocycles. The molecular weight excluding hydrogens is 242 g/mol. The SMILES string of the molecule is Cc1cc(OC(C)C)nc(NCCOCC(C)C)n1. The van der Waals surface area contributed by atoms with E-state index in [-0.39, 0.29) is 6.10 Å². The first-order valence-corrected chi connectivity index (χ1v) is 6.81. The maximum Gasteiger partial charge on any atom is 0.226 e. The van der Waals surface area contributed by atoms with E-state index in [1.165, 1.54) is 0 Å². The fraction of sp³-hybridized carbons (Fsp3) is 0.714. The molecule has 0 radical (unpaired) electrons. The van der Waals surface area contributed by atoms with Crippen molar-refractivity contribution in [2.75, 3.05) is 25.1 Å². The molecule has 19 heavy (non-hydrogen) atoms. The van der Waals surface area contributed by atoms with E-state index in [2.05, 4.69) is 29.1 Å². The van der Waals surface area contributed by atoms with Crippen molar-refractivity contribution in [2.24, 2.45) is 5.92 Å². The van der Waals surface area contributed by atoms with Gasteiger partial charge in [-0.3, -0.25) is 0 Å². The second kappa shape index (κ2) is 7.94. The highest BCUT2D eigenvalue weighted by Crippen LogP contribution is 2.13. The van der Waals surface area contributed by atoms with Gasteiger partial charge in [-0.2, -0.15) is 4.98 Å². The topological polar surface area (TPSA) is 56.3 Å². The third-order valence-electron chi connectivity index (χ3n) is 2.17. The molecule has 0 spiro atoms. The molecule has 0 atom stereocenters. The summed E-state index contributed by atoms with van der Waals surface area (Å²) in [6.07, 6.45) is 0.108. The summed E-state index contributed by atoms with van der Waals surface area (Å²) in [6.45, 7) is 12.3. The molecule has 1 aromatic heterocycles. The van der Waals surface area contributed by atoms with Crippen molar-refractivity contribution in [2.45, 2.75) is 40.7 Å². The Kier molecular flexibility index (Phi) is 6.56. The first-order valence-electron chi connectivity index (χ1n) is 6.81. The molecule has 0 fully saturated rings. The Morgan fingerprint density at radius 3 is 2.58 bits per heavy atom. The van der Waals surface area contributed by atoms with E-state index in [4.69, 9.17) is 9.47 Å². The molecule has 1 aromatic rings. The molecule has 0 bridgehead atoms. The van der Waals surface area contributed by atoms with Gasteiger partial charge < -0.3 is 14.8 Å². The average molecular weight is 267 g/mol. The lowest BCUT2D eigenvalue weighted by atomic mass is 10.2. The average Bonchev–Trinajstić information content (AvgIpc) is 2.26. The largest absolute Gasteiger partial charge is 0.475 e. The van der Waals surface area contributed by atoms with Crippen LogP contribution in [0.5, 0.6) is 5.88 Å². The number of hydrogen-bond acceptors (Lipinski definition) is 5. The van der Waals surface area contributed by atoms with Gasteiger partial charge >= 0.3 is 0 Å². The van der Waals surface area contributed by atoms with E-state index < -0.39 is 0 Å². The van der Waals surface area contributed by atoms with E-state index in [9.17, 15) is 0 Å². The lowest BCUT2D eigenvalue weighted by molar-refractivity contribution is 0.118. The van der Waals surface area contributed by atoms with E-state index >= 15 is 0 Å². The van der Waals surface area contributed by atoms with Crippen molar-refractivity contribution >= 4 is 5.95 Å². The van der Waals surface area contributed by atoms with Gasteiger partial charge in [0.25, 0.3) is 0 Å². The Hall–Kier alpha value is -1.36. The predicted molar refractivity (Wildman–Crippen MR) is 76.7 cm³/mol. The Bertz CT molecular complexity index is 381. The summed E-state index contributed by atoms with van der Waals surface area (Å²) in [4.78, 5) is 8.62. The lowest BCUT2D eigenvalue weighted by Gasteiger charge is -2.12. The zero-order valence-electron chi connectivity index (χ0n) is 12.6. The van der Waals surface area contributed by atoms with Crippen LogP contribution < -0.4 is 10.1 Å². The number of anilines is 1. The number of aromatic nitrogens is 2. The number of hydrogen-bond donors (Lipinski definition) is 1. The Morgan fingerprint density at radius 2 is 1.95 bits per heavy atom. The molecule has 0 aliphatic rings. The van der Waals surface area contributed by atoms with Gasteiger partial charge in [0, 0.05) is 24.9 Å². The second-order valence-corrected chi connectivity index (χ2v) is 5.23. The van der Waals surface area contributed by atoms with Crippen molar-refractivity contribution in [3.05, 3.63) is 11.8 Å². The molecule has 0 saturated carbocycles. The quantitative estimate of drug-likeness (QED) is 0.734. The summed E-state index contributed by atoms with van der Waals surface area (Å²) in [6, 6.07) is 1.83. The maximum atomic E-state index is 5.57. The van der Waals surface area contributed by atoms with Crippen LogP contribution in [-0.2, 0) is 4.74 Å². The summed E-state index contributed by atoms with van der Waals surface area (Å²) < 4.78 is 11.1. The summed E-state index contributed by atoms with van der Waals surface area (Å²) in [5.74, 6) is 1.75. The lowest BCUT2D eigenvalue weighted by Crippen LogP contribution is -2.15. The zero-order chi connectivity index (χ0) is 14.3. The van der Waals surface area contributed by atoms with Gasteiger partial charge in [-0.25, -0.2) is 4.98 Å². The van der Waals surface area contributed by atoms with Crippen LogP contribution in [0.1, 0.15) is 33.4 Å². The van der Waals surface area contributed by atoms with Crippen LogP contribution >= 0.6 is 0 Å². The summed E-state index contributed by atoms with van der Waals surface area (Å²) in [7, 11) is 0. The molecule has 1 rings (SSSR count). The van der Waals surface area contributed by atoms with Gasteiger partial charge in [0.05, 0.1) is 12.7 Å². The number of rotatable bonds is 8. The van der Waals surface area contributed by atoms with Crippen LogP contribution in [0.25, 0.3) is 0 Å². The third kappa shape index (κ3) is 6.96. The molecule has 0 aliphatic heterocycles. The minimum Gasteiger partial charge on any atom is -0.475 e. The first kappa shape index (κ1) is 15.7. The highest BCUT2D eigenvalue weighted by Gasteiger charge is 2.04. The van der Waals surface area contributed by atoms with Crippen molar-refractivity contribution in [1.29, 1.82) is 0 Å². The fourth-order valence-electron chi connectivity index (χ4n) is 1.47.